The van der Waals surface area contributed by atoms with Gasteiger partial charge in [0.15, 0.2) is 0 Å². The Labute approximate surface area is 128 Å². The van der Waals surface area contributed by atoms with E-state index >= 15 is 0 Å². The molecule has 20 heavy (non-hydrogen) atoms. The molecule has 1 aliphatic rings. The van der Waals surface area contributed by atoms with Gasteiger partial charge in [-0.2, -0.15) is 12.6 Å². The Morgan fingerprint density at radius 1 is 1.45 bits per heavy atom. The summed E-state index contributed by atoms with van der Waals surface area (Å²) in [4.78, 5) is 25.4. The molecule has 1 N–H and O–H groups in total. The lowest BCUT2D eigenvalue weighted by molar-refractivity contribution is -0.150. The van der Waals surface area contributed by atoms with Crippen LogP contribution in [0, 0.1) is 5.92 Å². The first-order valence-electron chi connectivity index (χ1n) is 6.38. The fraction of sp³-hybridized carbons (Fsp3) is 0.429. The summed E-state index contributed by atoms with van der Waals surface area (Å²) in [7, 11) is 0. The van der Waals surface area contributed by atoms with Crippen molar-refractivity contribution in [3.63, 3.8) is 0 Å². The topological polar surface area (TPSA) is 57.6 Å². The van der Waals surface area contributed by atoms with Gasteiger partial charge in [0.2, 0.25) is 5.91 Å². The molecular weight excluding hydrogens is 294 g/mol. The third kappa shape index (κ3) is 2.96. The minimum Gasteiger partial charge on any atom is -0.480 e. The lowest BCUT2D eigenvalue weighted by atomic mass is 10.1. The van der Waals surface area contributed by atoms with Gasteiger partial charge in [-0.05, 0) is 5.56 Å². The molecule has 2 rings (SSSR count). The molecule has 1 fully saturated rings. The third-order valence-corrected chi connectivity index (χ3v) is 5.19. The van der Waals surface area contributed by atoms with Crippen molar-refractivity contribution in [3.05, 3.63) is 35.9 Å². The Balaban J connectivity index is 2.32. The van der Waals surface area contributed by atoms with Gasteiger partial charge in [0.05, 0.1) is 0 Å². The molecule has 1 saturated heterocycles. The van der Waals surface area contributed by atoms with Gasteiger partial charge in [-0.25, -0.2) is 4.79 Å². The molecule has 0 saturated carbocycles. The smallest absolute Gasteiger partial charge is 0.327 e. The third-order valence-electron chi connectivity index (χ3n) is 3.32. The van der Waals surface area contributed by atoms with Crippen LogP contribution in [0.1, 0.15) is 17.9 Å². The number of rotatable bonds is 4. The molecule has 0 spiro atoms. The maximum absolute atomic E-state index is 12.5. The van der Waals surface area contributed by atoms with E-state index in [4.69, 9.17) is 0 Å². The number of carbonyl (C=O) groups excluding carboxylic acids is 1. The Morgan fingerprint density at radius 3 is 2.65 bits per heavy atom. The van der Waals surface area contributed by atoms with Crippen LogP contribution in [0.2, 0.25) is 0 Å². The van der Waals surface area contributed by atoms with Crippen molar-refractivity contribution in [2.45, 2.75) is 18.3 Å². The van der Waals surface area contributed by atoms with Crippen LogP contribution in [0.25, 0.3) is 0 Å². The lowest BCUT2D eigenvalue weighted by Crippen LogP contribution is -2.45. The maximum Gasteiger partial charge on any atom is 0.327 e. The van der Waals surface area contributed by atoms with E-state index in [1.165, 1.54) is 16.7 Å². The Hall–Kier alpha value is -1.14. The Bertz CT molecular complexity index is 494. The average molecular weight is 311 g/mol. The molecule has 6 heteroatoms. The van der Waals surface area contributed by atoms with E-state index in [-0.39, 0.29) is 17.2 Å². The Kier molecular flexibility index (Phi) is 4.99. The zero-order chi connectivity index (χ0) is 14.7. The second-order valence-corrected chi connectivity index (χ2v) is 6.26. The monoisotopic (exact) mass is 311 g/mol. The summed E-state index contributed by atoms with van der Waals surface area (Å²) in [5, 5.41) is 9.10. The van der Waals surface area contributed by atoms with Gasteiger partial charge in [0.1, 0.15) is 11.4 Å². The van der Waals surface area contributed by atoms with Crippen LogP contribution in [-0.2, 0) is 9.59 Å². The largest absolute Gasteiger partial charge is 0.480 e. The van der Waals surface area contributed by atoms with Gasteiger partial charge < -0.3 is 10.0 Å². The van der Waals surface area contributed by atoms with Crippen LogP contribution in [0.3, 0.4) is 0 Å². The van der Waals surface area contributed by atoms with Crippen LogP contribution in [0.15, 0.2) is 30.3 Å². The highest BCUT2D eigenvalue weighted by Crippen LogP contribution is 2.42. The van der Waals surface area contributed by atoms with Crippen molar-refractivity contribution in [1.29, 1.82) is 0 Å². The van der Waals surface area contributed by atoms with Crippen molar-refractivity contribution in [1.82, 2.24) is 4.90 Å². The number of thiol groups is 1. The number of benzene rings is 1. The number of thioether (sulfide) groups is 1. The van der Waals surface area contributed by atoms with Gasteiger partial charge in [-0.1, -0.05) is 37.3 Å². The number of hydrogen-bond acceptors (Lipinski definition) is 4. The molecule has 0 bridgehead atoms. The standard InChI is InChI=1S/C14H17NO3S2/c1-9(7-19)12(16)15-11(14(17)18)8-20-13(15)10-5-3-2-4-6-10/h2-6,9,11,13,19H,7-8H2,1H3,(H,17,18)/t9-,11+,13?/m1/s1. The summed E-state index contributed by atoms with van der Waals surface area (Å²) in [6.45, 7) is 1.78. The quantitative estimate of drug-likeness (QED) is 0.838. The molecule has 4 nitrogen and oxygen atoms in total. The van der Waals surface area contributed by atoms with Crippen molar-refractivity contribution in [2.75, 3.05) is 11.5 Å². The van der Waals surface area contributed by atoms with E-state index in [1.54, 1.807) is 6.92 Å². The van der Waals surface area contributed by atoms with Gasteiger partial charge in [-0.3, -0.25) is 4.79 Å². The average Bonchev–Trinajstić information content (AvgIpc) is 2.91. The predicted octanol–water partition coefficient (Wildman–Crippen LogP) is 2.28. The molecule has 1 heterocycles. The van der Waals surface area contributed by atoms with E-state index in [1.807, 2.05) is 30.3 Å². The summed E-state index contributed by atoms with van der Waals surface area (Å²) in [5.41, 5.74) is 0.959. The number of aliphatic carboxylic acids is 1. The second kappa shape index (κ2) is 6.54. The highest BCUT2D eigenvalue weighted by Gasteiger charge is 2.43. The first-order chi connectivity index (χ1) is 9.56. The van der Waals surface area contributed by atoms with Crippen LogP contribution >= 0.6 is 24.4 Å². The van der Waals surface area contributed by atoms with E-state index in [9.17, 15) is 14.7 Å². The normalized spacial score (nSPS) is 23.6. The van der Waals surface area contributed by atoms with Gasteiger partial charge >= 0.3 is 5.97 Å². The van der Waals surface area contributed by atoms with Crippen molar-refractivity contribution < 1.29 is 14.7 Å². The van der Waals surface area contributed by atoms with Crippen molar-refractivity contribution in [2.24, 2.45) is 5.92 Å². The first kappa shape index (κ1) is 15.3. The molecule has 3 atom stereocenters. The number of hydrogen-bond donors (Lipinski definition) is 2. The summed E-state index contributed by atoms with van der Waals surface area (Å²) >= 11 is 5.64. The van der Waals surface area contributed by atoms with Crippen LogP contribution in [0.4, 0.5) is 0 Å². The molecule has 1 amide bonds. The number of carboxylic acid groups (broad SMARTS) is 1. The van der Waals surface area contributed by atoms with E-state index in [2.05, 4.69) is 12.6 Å². The number of nitrogens with zero attached hydrogens (tertiary/aromatic N) is 1. The Morgan fingerprint density at radius 2 is 2.10 bits per heavy atom. The molecule has 1 unspecified atom stereocenters. The molecule has 0 aliphatic carbocycles. The second-order valence-electron chi connectivity index (χ2n) is 4.78. The summed E-state index contributed by atoms with van der Waals surface area (Å²) in [6, 6.07) is 8.78. The molecule has 1 aromatic rings. The number of carboxylic acids is 1. The molecule has 1 aliphatic heterocycles. The van der Waals surface area contributed by atoms with E-state index in [0.29, 0.717) is 11.5 Å². The summed E-state index contributed by atoms with van der Waals surface area (Å²) in [6.07, 6.45) is 0. The molecule has 0 aromatic heterocycles. The SMILES string of the molecule is C[C@H](CS)C(=O)N1C(c2ccccc2)SC[C@H]1C(=O)O. The lowest BCUT2D eigenvalue weighted by Gasteiger charge is -2.29. The predicted molar refractivity (Wildman–Crippen MR) is 82.9 cm³/mol. The van der Waals surface area contributed by atoms with Crippen LogP contribution < -0.4 is 0 Å². The molecule has 108 valence electrons. The minimum absolute atomic E-state index is 0.147. The van der Waals surface area contributed by atoms with E-state index in [0.717, 1.165) is 5.56 Å². The van der Waals surface area contributed by atoms with Gasteiger partial charge in [0, 0.05) is 17.4 Å². The molecular formula is C14H17NO3S2. The zero-order valence-corrected chi connectivity index (χ0v) is 12.8. The van der Waals surface area contributed by atoms with Gasteiger partial charge in [0.25, 0.3) is 0 Å². The summed E-state index contributed by atoms with van der Waals surface area (Å²) < 4.78 is 0. The van der Waals surface area contributed by atoms with Crippen molar-refractivity contribution >= 4 is 36.3 Å². The first-order valence-corrected chi connectivity index (χ1v) is 8.06. The van der Waals surface area contributed by atoms with Crippen LogP contribution in [0.5, 0.6) is 0 Å². The highest BCUT2D eigenvalue weighted by molar-refractivity contribution is 7.99. The van der Waals surface area contributed by atoms with Crippen molar-refractivity contribution in [3.8, 4) is 0 Å². The summed E-state index contributed by atoms with van der Waals surface area (Å²) in [5.74, 6) is -0.555. The maximum atomic E-state index is 12.5. The minimum atomic E-state index is -0.948. The number of amides is 1. The van der Waals surface area contributed by atoms with Gasteiger partial charge in [-0.15, -0.1) is 11.8 Å². The van der Waals surface area contributed by atoms with Crippen LogP contribution in [-0.4, -0.2) is 39.4 Å². The fourth-order valence-corrected chi connectivity index (χ4v) is 3.76. The fourth-order valence-electron chi connectivity index (χ4n) is 2.17. The molecule has 0 radical (unpaired) electrons. The number of carbonyl (C=O) groups is 2. The zero-order valence-electron chi connectivity index (χ0n) is 11.1. The molecule has 1 aromatic carbocycles. The highest BCUT2D eigenvalue weighted by atomic mass is 32.2. The van der Waals surface area contributed by atoms with E-state index < -0.39 is 12.0 Å².